The van der Waals surface area contributed by atoms with Gasteiger partial charge in [-0.15, -0.1) is 0 Å². The molecule has 0 saturated carbocycles. The van der Waals surface area contributed by atoms with Gasteiger partial charge in [-0.25, -0.2) is 4.79 Å². The molecule has 32 heavy (non-hydrogen) atoms. The number of carboxylic acids is 1. The summed E-state index contributed by atoms with van der Waals surface area (Å²) in [6.45, 7) is 4.69. The molecule has 3 rings (SSSR count). The van der Waals surface area contributed by atoms with Crippen LogP contribution in [0.4, 0.5) is 13.2 Å². The number of para-hydroxylation sites is 1. The van der Waals surface area contributed by atoms with Crippen molar-refractivity contribution in [1.29, 1.82) is 5.26 Å². The third-order valence-corrected chi connectivity index (χ3v) is 4.51. The van der Waals surface area contributed by atoms with Crippen molar-refractivity contribution >= 4 is 11.9 Å². The number of amides is 1. The van der Waals surface area contributed by atoms with Crippen molar-refractivity contribution in [3.05, 3.63) is 47.3 Å². The first-order chi connectivity index (χ1) is 15.0. The van der Waals surface area contributed by atoms with E-state index in [0.717, 1.165) is 30.9 Å². The van der Waals surface area contributed by atoms with Gasteiger partial charge in [-0.1, -0.05) is 12.1 Å². The number of hydrogen-bond acceptors (Lipinski definition) is 6. The van der Waals surface area contributed by atoms with Crippen molar-refractivity contribution in [3.63, 3.8) is 0 Å². The molecule has 1 atom stereocenters. The molecule has 12 heteroatoms. The van der Waals surface area contributed by atoms with Gasteiger partial charge in [0.2, 0.25) is 0 Å². The molecule has 0 saturated heterocycles. The molecular formula is C20H22F3N5O4. The summed E-state index contributed by atoms with van der Waals surface area (Å²) >= 11 is 0. The third-order valence-electron chi connectivity index (χ3n) is 4.51. The minimum Gasteiger partial charge on any atom is -0.480 e. The van der Waals surface area contributed by atoms with Gasteiger partial charge in [-0.3, -0.25) is 9.48 Å². The summed E-state index contributed by atoms with van der Waals surface area (Å²) in [4.78, 5) is 23.1. The van der Waals surface area contributed by atoms with Crippen LogP contribution in [0.25, 0.3) is 0 Å². The number of benzene rings is 1. The zero-order valence-electron chi connectivity index (χ0n) is 17.4. The van der Waals surface area contributed by atoms with E-state index in [4.69, 9.17) is 19.9 Å². The Labute approximate surface area is 182 Å². The van der Waals surface area contributed by atoms with Gasteiger partial charge in [0.1, 0.15) is 11.8 Å². The van der Waals surface area contributed by atoms with E-state index < -0.39 is 18.2 Å². The molecule has 1 unspecified atom stereocenters. The summed E-state index contributed by atoms with van der Waals surface area (Å²) in [5, 5.41) is 23.9. The van der Waals surface area contributed by atoms with Crippen molar-refractivity contribution in [2.24, 2.45) is 0 Å². The molecule has 2 heterocycles. The van der Waals surface area contributed by atoms with Gasteiger partial charge in [0, 0.05) is 32.2 Å². The molecule has 0 bridgehead atoms. The summed E-state index contributed by atoms with van der Waals surface area (Å²) in [6.07, 6.45) is -3.94. The van der Waals surface area contributed by atoms with Crippen LogP contribution in [-0.4, -0.2) is 57.5 Å². The van der Waals surface area contributed by atoms with Crippen LogP contribution in [0, 0.1) is 11.3 Å². The predicted octanol–water partition coefficient (Wildman–Crippen LogP) is 1.92. The maximum atomic E-state index is 12.6. The standard InChI is InChI=1S/C18H21N5O2.C2HF3O2/c1-13(25-17-6-4-3-5-14(17)9-19)18(24)22(2)12-15-10-21-23-8-7-20-11-16(15)23;3-2(4,5)1(6)7/h3-6,10,13,20H,7-8,11-12H2,1-2H3;(H,6,7). The Morgan fingerprint density at radius 2 is 2.06 bits per heavy atom. The molecular weight excluding hydrogens is 431 g/mol. The third kappa shape index (κ3) is 6.45. The highest BCUT2D eigenvalue weighted by Gasteiger charge is 2.38. The Kier molecular flexibility index (Phi) is 8.20. The minimum absolute atomic E-state index is 0.142. The number of ether oxygens (including phenoxy) is 1. The molecule has 1 aliphatic rings. The normalized spacial score (nSPS) is 13.6. The number of carboxylic acid groups (broad SMARTS) is 1. The summed E-state index contributed by atoms with van der Waals surface area (Å²) in [6, 6.07) is 8.98. The summed E-state index contributed by atoms with van der Waals surface area (Å²) in [5.41, 5.74) is 2.57. The number of nitriles is 1. The van der Waals surface area contributed by atoms with Crippen LogP contribution in [0.15, 0.2) is 30.5 Å². The van der Waals surface area contributed by atoms with E-state index in [1.54, 1.807) is 43.1 Å². The van der Waals surface area contributed by atoms with E-state index >= 15 is 0 Å². The first-order valence-electron chi connectivity index (χ1n) is 9.49. The van der Waals surface area contributed by atoms with Gasteiger partial charge in [-0.2, -0.15) is 23.5 Å². The Morgan fingerprint density at radius 1 is 1.41 bits per heavy atom. The first-order valence-corrected chi connectivity index (χ1v) is 9.49. The molecule has 1 amide bonds. The second-order valence-corrected chi connectivity index (χ2v) is 6.88. The highest BCUT2D eigenvalue weighted by atomic mass is 19.4. The number of alkyl halides is 3. The van der Waals surface area contributed by atoms with E-state index in [2.05, 4.69) is 16.5 Å². The number of hydrogen-bond donors (Lipinski definition) is 2. The molecule has 0 aliphatic carbocycles. The maximum absolute atomic E-state index is 12.6. The van der Waals surface area contributed by atoms with Crippen LogP contribution >= 0.6 is 0 Å². The molecule has 1 aromatic heterocycles. The fourth-order valence-corrected chi connectivity index (χ4v) is 2.92. The highest BCUT2D eigenvalue weighted by molar-refractivity contribution is 5.80. The topological polar surface area (TPSA) is 120 Å². The number of nitrogens with one attached hydrogen (secondary N) is 1. The largest absolute Gasteiger partial charge is 0.490 e. The molecule has 0 radical (unpaired) electrons. The van der Waals surface area contributed by atoms with Crippen molar-refractivity contribution in [3.8, 4) is 11.8 Å². The van der Waals surface area contributed by atoms with Gasteiger partial charge in [0.25, 0.3) is 5.91 Å². The average Bonchev–Trinajstić information content (AvgIpc) is 3.16. The summed E-state index contributed by atoms with van der Waals surface area (Å²) in [5.74, 6) is -2.48. The lowest BCUT2D eigenvalue weighted by molar-refractivity contribution is -0.192. The van der Waals surface area contributed by atoms with Crippen LogP contribution in [0.3, 0.4) is 0 Å². The second kappa shape index (κ2) is 10.6. The number of likely N-dealkylation sites (N-methyl/N-ethyl adjacent to an activating group) is 1. The predicted molar refractivity (Wildman–Crippen MR) is 105 cm³/mol. The van der Waals surface area contributed by atoms with E-state index in [1.807, 2.05) is 10.9 Å². The van der Waals surface area contributed by atoms with Crippen LogP contribution in [-0.2, 0) is 29.2 Å². The van der Waals surface area contributed by atoms with E-state index in [0.29, 0.717) is 17.9 Å². The SMILES string of the molecule is CC(Oc1ccccc1C#N)C(=O)N(C)Cc1cnn2c1CNCC2.O=C(O)C(F)(F)F. The molecule has 0 spiro atoms. The lowest BCUT2D eigenvalue weighted by Crippen LogP contribution is -2.38. The monoisotopic (exact) mass is 453 g/mol. The van der Waals surface area contributed by atoms with E-state index in [-0.39, 0.29) is 5.91 Å². The summed E-state index contributed by atoms with van der Waals surface area (Å²) < 4.78 is 39.4. The molecule has 0 fully saturated rings. The van der Waals surface area contributed by atoms with Crippen molar-refractivity contribution in [2.45, 2.75) is 38.8 Å². The summed E-state index contributed by atoms with van der Waals surface area (Å²) in [7, 11) is 1.75. The smallest absolute Gasteiger partial charge is 0.480 e. The Morgan fingerprint density at radius 3 is 2.69 bits per heavy atom. The number of halogens is 3. The van der Waals surface area contributed by atoms with E-state index in [9.17, 15) is 18.0 Å². The average molecular weight is 453 g/mol. The Hall–Kier alpha value is -3.59. The second-order valence-electron chi connectivity index (χ2n) is 6.88. The Bertz CT molecular complexity index is 1000. The fourth-order valence-electron chi connectivity index (χ4n) is 2.92. The lowest BCUT2D eigenvalue weighted by Gasteiger charge is -2.23. The Balaban J connectivity index is 0.000000451. The maximum Gasteiger partial charge on any atom is 0.490 e. The number of carbonyl (C=O) groups is 2. The lowest BCUT2D eigenvalue weighted by atomic mass is 10.2. The molecule has 2 N–H and O–H groups in total. The fraction of sp³-hybridized carbons (Fsp3) is 0.400. The van der Waals surface area contributed by atoms with Gasteiger partial charge in [0.15, 0.2) is 6.10 Å². The quantitative estimate of drug-likeness (QED) is 0.710. The van der Waals surface area contributed by atoms with Gasteiger partial charge < -0.3 is 20.1 Å². The number of aliphatic carboxylic acids is 1. The minimum atomic E-state index is -5.08. The molecule has 2 aromatic rings. The first kappa shape index (κ1) is 24.7. The number of rotatable bonds is 5. The molecule has 1 aromatic carbocycles. The molecule has 9 nitrogen and oxygen atoms in total. The molecule has 1 aliphatic heterocycles. The highest BCUT2D eigenvalue weighted by Crippen LogP contribution is 2.19. The number of aromatic nitrogens is 2. The van der Waals surface area contributed by atoms with Gasteiger partial charge >= 0.3 is 12.1 Å². The van der Waals surface area contributed by atoms with Crippen LogP contribution in [0.2, 0.25) is 0 Å². The van der Waals surface area contributed by atoms with Crippen molar-refractivity contribution < 1.29 is 32.6 Å². The van der Waals surface area contributed by atoms with E-state index in [1.165, 1.54) is 0 Å². The van der Waals surface area contributed by atoms with Crippen LogP contribution in [0.1, 0.15) is 23.7 Å². The number of carbonyl (C=O) groups excluding carboxylic acids is 1. The van der Waals surface area contributed by atoms with Crippen molar-refractivity contribution in [2.75, 3.05) is 13.6 Å². The van der Waals surface area contributed by atoms with Crippen LogP contribution in [0.5, 0.6) is 5.75 Å². The van der Waals surface area contributed by atoms with Crippen molar-refractivity contribution in [1.82, 2.24) is 20.0 Å². The number of fused-ring (bicyclic) bond motifs is 1. The molecule has 172 valence electrons. The van der Waals surface area contributed by atoms with Crippen LogP contribution < -0.4 is 10.1 Å². The number of nitrogens with zero attached hydrogens (tertiary/aromatic N) is 4. The zero-order valence-corrected chi connectivity index (χ0v) is 17.4. The van der Waals surface area contributed by atoms with Gasteiger partial charge in [0.05, 0.1) is 24.0 Å². The zero-order chi connectivity index (χ0) is 23.9. The van der Waals surface area contributed by atoms with Gasteiger partial charge in [-0.05, 0) is 19.1 Å².